The minimum Gasteiger partial charge on any atom is -0.477 e. The van der Waals surface area contributed by atoms with E-state index >= 15 is 0 Å². The van der Waals surface area contributed by atoms with Crippen molar-refractivity contribution in [2.45, 2.75) is 31.2 Å². The highest BCUT2D eigenvalue weighted by Gasteiger charge is 2.32. The number of halogens is 3. The molecule has 2 fully saturated rings. The van der Waals surface area contributed by atoms with Crippen molar-refractivity contribution >= 4 is 41.2 Å². The maximum atomic E-state index is 14.7. The zero-order chi connectivity index (χ0) is 17.9. The quantitative estimate of drug-likeness (QED) is 0.824. The second-order valence-electron chi connectivity index (χ2n) is 6.75. The van der Waals surface area contributed by atoms with Crippen LogP contribution >= 0.6 is 24.0 Å². The average Bonchev–Trinajstić information content (AvgIpc) is 3.30. The monoisotopic (exact) mass is 401 g/mol. The van der Waals surface area contributed by atoms with Crippen LogP contribution < -0.4 is 16.2 Å². The first kappa shape index (κ1) is 18.9. The van der Waals surface area contributed by atoms with Gasteiger partial charge in [0, 0.05) is 19.1 Å². The maximum Gasteiger partial charge on any atom is 0.341 e. The molecule has 0 aromatic carbocycles. The molecule has 1 saturated heterocycles. The van der Waals surface area contributed by atoms with Gasteiger partial charge in [-0.15, -0.1) is 12.4 Å². The average molecular weight is 402 g/mol. The van der Waals surface area contributed by atoms with Crippen LogP contribution in [0.15, 0.2) is 17.1 Å². The van der Waals surface area contributed by atoms with Crippen LogP contribution in [-0.4, -0.2) is 34.6 Å². The zero-order valence-corrected chi connectivity index (χ0v) is 15.3. The molecule has 0 radical (unpaired) electrons. The summed E-state index contributed by atoms with van der Waals surface area (Å²) in [6, 6.07) is 1.34. The number of rotatable bonds is 3. The third-order valence-corrected chi connectivity index (χ3v) is 5.29. The van der Waals surface area contributed by atoms with Crippen LogP contribution in [0.2, 0.25) is 5.02 Å². The van der Waals surface area contributed by atoms with E-state index < -0.39 is 17.3 Å². The van der Waals surface area contributed by atoms with Crippen LogP contribution in [0, 0.1) is 5.82 Å². The minimum absolute atomic E-state index is 0. The lowest BCUT2D eigenvalue weighted by Gasteiger charge is -2.22. The molecule has 1 aliphatic carbocycles. The summed E-state index contributed by atoms with van der Waals surface area (Å²) in [5.41, 5.74) is 6.08. The second kappa shape index (κ2) is 6.72. The lowest BCUT2D eigenvalue weighted by molar-refractivity contribution is 0.0694. The van der Waals surface area contributed by atoms with Gasteiger partial charge in [0.2, 0.25) is 0 Å². The molecule has 0 spiro atoms. The van der Waals surface area contributed by atoms with Crippen LogP contribution in [0.4, 0.5) is 10.1 Å². The Kier molecular flexibility index (Phi) is 4.90. The summed E-state index contributed by atoms with van der Waals surface area (Å²) in [5, 5.41) is 9.43. The third kappa shape index (κ3) is 2.94. The van der Waals surface area contributed by atoms with E-state index in [2.05, 4.69) is 0 Å². The fourth-order valence-electron chi connectivity index (χ4n) is 3.54. The molecule has 3 N–H and O–H groups in total. The van der Waals surface area contributed by atoms with Crippen molar-refractivity contribution in [3.05, 3.63) is 44.6 Å². The zero-order valence-electron chi connectivity index (χ0n) is 13.7. The van der Waals surface area contributed by atoms with E-state index in [1.807, 2.05) is 0 Å². The molecule has 1 atom stereocenters. The number of hydrogen-bond acceptors (Lipinski definition) is 4. The normalized spacial score (nSPS) is 19.7. The van der Waals surface area contributed by atoms with Gasteiger partial charge < -0.3 is 15.7 Å². The van der Waals surface area contributed by atoms with Crippen molar-refractivity contribution in [3.63, 3.8) is 0 Å². The maximum absolute atomic E-state index is 14.7. The van der Waals surface area contributed by atoms with Crippen LogP contribution in [-0.2, 0) is 0 Å². The number of nitrogens with two attached hydrogens (primary N) is 1. The fraction of sp³-hybridized carbons (Fsp3) is 0.412. The first-order chi connectivity index (χ1) is 11.9. The number of pyridine rings is 2. The molecule has 2 aromatic heterocycles. The molecule has 6 nitrogen and oxygen atoms in total. The van der Waals surface area contributed by atoms with Gasteiger partial charge in [-0.05, 0) is 36.8 Å². The number of aromatic carboxylic acids is 1. The Bertz CT molecular complexity index is 959. The Balaban J connectivity index is 0.00000196. The van der Waals surface area contributed by atoms with Gasteiger partial charge in [-0.25, -0.2) is 9.18 Å². The highest BCUT2D eigenvalue weighted by Crippen LogP contribution is 2.45. The van der Waals surface area contributed by atoms with Gasteiger partial charge in [-0.2, -0.15) is 0 Å². The molecule has 4 rings (SSSR count). The van der Waals surface area contributed by atoms with E-state index in [1.54, 1.807) is 4.90 Å². The molecule has 2 aliphatic rings. The number of carboxylic acid groups (broad SMARTS) is 1. The molecular weight excluding hydrogens is 384 g/mol. The molecule has 1 unspecified atom stereocenters. The van der Waals surface area contributed by atoms with Gasteiger partial charge in [0.1, 0.15) is 5.56 Å². The van der Waals surface area contributed by atoms with Crippen molar-refractivity contribution in [1.82, 2.24) is 4.40 Å². The van der Waals surface area contributed by atoms with E-state index in [1.165, 1.54) is 6.07 Å². The summed E-state index contributed by atoms with van der Waals surface area (Å²) in [6.07, 6.45) is 3.57. The highest BCUT2D eigenvalue weighted by atomic mass is 35.5. The van der Waals surface area contributed by atoms with Crippen molar-refractivity contribution in [3.8, 4) is 0 Å². The van der Waals surface area contributed by atoms with E-state index in [-0.39, 0.29) is 40.6 Å². The minimum atomic E-state index is -1.33. The molecule has 0 amide bonds. The van der Waals surface area contributed by atoms with Gasteiger partial charge in [0.25, 0.3) is 5.56 Å². The molecule has 26 heavy (non-hydrogen) atoms. The number of nitrogens with zero attached hydrogens (tertiary/aromatic N) is 2. The van der Waals surface area contributed by atoms with Gasteiger partial charge in [0.15, 0.2) is 5.82 Å². The molecular formula is C17H18Cl2FN3O3. The molecule has 1 aliphatic heterocycles. The van der Waals surface area contributed by atoms with Crippen LogP contribution in [0.25, 0.3) is 5.52 Å². The van der Waals surface area contributed by atoms with Gasteiger partial charge in [-0.1, -0.05) is 11.6 Å². The summed E-state index contributed by atoms with van der Waals surface area (Å²) in [6.45, 7) is 1.08. The predicted octanol–water partition coefficient (Wildman–Crippen LogP) is 2.63. The fourth-order valence-corrected chi connectivity index (χ4v) is 3.95. The predicted molar refractivity (Wildman–Crippen MR) is 99.6 cm³/mol. The van der Waals surface area contributed by atoms with Crippen molar-refractivity contribution in [1.29, 1.82) is 0 Å². The standard InChI is InChI=1S/C17H17ClFN3O3.ClH/c18-13-14-10(8-1-2-8)5-11(17(24)25)16(23)22(14)7-12(19)15(13)21-4-3-9(20)6-21;/h5,7-9H,1-4,6,20H2,(H,24,25);1H. The van der Waals surface area contributed by atoms with E-state index in [4.69, 9.17) is 17.3 Å². The molecule has 9 heteroatoms. The largest absolute Gasteiger partial charge is 0.477 e. The summed E-state index contributed by atoms with van der Waals surface area (Å²) in [5.74, 6) is -1.84. The van der Waals surface area contributed by atoms with Crippen LogP contribution in [0.3, 0.4) is 0 Å². The Morgan fingerprint density at radius 3 is 2.58 bits per heavy atom. The van der Waals surface area contributed by atoms with Crippen LogP contribution in [0.5, 0.6) is 0 Å². The van der Waals surface area contributed by atoms with Crippen molar-refractivity contribution < 1.29 is 14.3 Å². The van der Waals surface area contributed by atoms with E-state index in [0.717, 1.165) is 29.9 Å². The first-order valence-electron chi connectivity index (χ1n) is 8.19. The number of fused-ring (bicyclic) bond motifs is 1. The van der Waals surface area contributed by atoms with Gasteiger partial charge in [0.05, 0.1) is 22.4 Å². The lowest BCUT2D eigenvalue weighted by atomic mass is 10.1. The number of carbonyl (C=O) groups is 1. The summed E-state index contributed by atoms with van der Waals surface area (Å²) >= 11 is 6.53. The number of anilines is 1. The Hall–Kier alpha value is -1.83. The Morgan fingerprint density at radius 1 is 1.35 bits per heavy atom. The summed E-state index contributed by atoms with van der Waals surface area (Å²) < 4.78 is 15.8. The van der Waals surface area contributed by atoms with Gasteiger partial charge >= 0.3 is 5.97 Å². The number of carboxylic acids is 1. The smallest absolute Gasteiger partial charge is 0.341 e. The van der Waals surface area contributed by atoms with Gasteiger partial charge in [-0.3, -0.25) is 9.20 Å². The van der Waals surface area contributed by atoms with Crippen molar-refractivity contribution in [2.75, 3.05) is 18.0 Å². The number of aromatic nitrogens is 1. The Morgan fingerprint density at radius 2 is 2.04 bits per heavy atom. The third-order valence-electron chi connectivity index (χ3n) is 4.94. The molecule has 1 saturated carbocycles. The summed E-state index contributed by atoms with van der Waals surface area (Å²) in [7, 11) is 0. The molecule has 0 bridgehead atoms. The first-order valence-corrected chi connectivity index (χ1v) is 8.57. The SMILES string of the molecule is Cl.NC1CCN(c2c(F)cn3c(=O)c(C(=O)O)cc(C4CC4)c3c2Cl)C1. The van der Waals surface area contributed by atoms with E-state index in [0.29, 0.717) is 24.2 Å². The second-order valence-corrected chi connectivity index (χ2v) is 7.13. The number of hydrogen-bond donors (Lipinski definition) is 2. The summed E-state index contributed by atoms with van der Waals surface area (Å²) in [4.78, 5) is 25.6. The molecule has 2 aromatic rings. The topological polar surface area (TPSA) is 88.0 Å². The van der Waals surface area contributed by atoms with Crippen LogP contribution in [0.1, 0.15) is 41.1 Å². The molecule has 3 heterocycles. The Labute approximate surface area is 159 Å². The highest BCUT2D eigenvalue weighted by molar-refractivity contribution is 6.36. The van der Waals surface area contributed by atoms with Crippen molar-refractivity contribution in [2.24, 2.45) is 5.73 Å². The lowest BCUT2D eigenvalue weighted by Crippen LogP contribution is -2.28. The molecule has 140 valence electrons. The van der Waals surface area contributed by atoms with E-state index in [9.17, 15) is 19.1 Å².